The van der Waals surface area contributed by atoms with E-state index in [4.69, 9.17) is 0 Å². The van der Waals surface area contributed by atoms with Crippen LogP contribution in [0.2, 0.25) is 0 Å². The molecule has 1 fully saturated rings. The average Bonchev–Trinajstić information content (AvgIpc) is 3.14. The van der Waals surface area contributed by atoms with E-state index < -0.39 is 5.54 Å². The molecule has 0 bridgehead atoms. The Morgan fingerprint density at radius 3 is 2.09 bits per heavy atom. The monoisotopic (exact) mass is 461 g/mol. The zero-order valence-corrected chi connectivity index (χ0v) is 21.8. The quantitative estimate of drug-likeness (QED) is 0.378. The Bertz CT molecular complexity index is 1010. The van der Waals surface area contributed by atoms with Gasteiger partial charge in [-0.25, -0.2) is 0 Å². The van der Waals surface area contributed by atoms with Crippen LogP contribution in [0, 0.1) is 0 Å². The topological polar surface area (TPSA) is 40.5 Å². The minimum atomic E-state index is -0.486. The van der Waals surface area contributed by atoms with Crippen LogP contribution in [0.5, 0.6) is 0 Å². The molecule has 3 heteroatoms. The first-order valence-corrected chi connectivity index (χ1v) is 13.6. The SMILES string of the molecule is CCCCC1(CCCC)c2cc(CO)ccc2-c2ccc(C(=O)C(C)(C)N3CCCCC3)cc21. The third-order valence-electron chi connectivity index (χ3n) is 8.49. The smallest absolute Gasteiger partial charge is 0.182 e. The lowest BCUT2D eigenvalue weighted by Crippen LogP contribution is -2.52. The Morgan fingerprint density at radius 1 is 0.912 bits per heavy atom. The molecular formula is C31H43NO2. The minimum absolute atomic E-state index is 0.0645. The van der Waals surface area contributed by atoms with Gasteiger partial charge in [-0.2, -0.15) is 0 Å². The van der Waals surface area contributed by atoms with Crippen LogP contribution >= 0.6 is 0 Å². The number of carbonyl (C=O) groups is 1. The summed E-state index contributed by atoms with van der Waals surface area (Å²) in [4.78, 5) is 16.3. The number of Topliss-reactive ketones (excluding diaryl/α,β-unsaturated/α-hetero) is 1. The van der Waals surface area contributed by atoms with Crippen LogP contribution in [0.1, 0.15) is 113 Å². The second-order valence-corrected chi connectivity index (χ2v) is 11.0. The van der Waals surface area contributed by atoms with Gasteiger partial charge in [0, 0.05) is 11.0 Å². The molecule has 0 radical (unpaired) electrons. The molecule has 0 atom stereocenters. The molecule has 4 rings (SSSR count). The van der Waals surface area contributed by atoms with E-state index >= 15 is 0 Å². The van der Waals surface area contributed by atoms with E-state index in [1.54, 1.807) is 0 Å². The summed E-state index contributed by atoms with van der Waals surface area (Å²) in [5.41, 5.74) is 6.52. The van der Waals surface area contributed by atoms with Gasteiger partial charge in [-0.15, -0.1) is 0 Å². The zero-order chi connectivity index (χ0) is 24.3. The molecule has 34 heavy (non-hydrogen) atoms. The maximum absolute atomic E-state index is 13.9. The molecule has 0 saturated carbocycles. The van der Waals surface area contributed by atoms with Gasteiger partial charge in [-0.3, -0.25) is 9.69 Å². The van der Waals surface area contributed by atoms with Gasteiger partial charge in [0.1, 0.15) is 0 Å². The Kier molecular flexibility index (Phi) is 7.64. The number of ketones is 1. The number of unbranched alkanes of at least 4 members (excludes halogenated alkanes) is 2. The maximum Gasteiger partial charge on any atom is 0.182 e. The highest BCUT2D eigenvalue weighted by atomic mass is 16.3. The molecule has 2 aromatic carbocycles. The average molecular weight is 462 g/mol. The predicted octanol–water partition coefficient (Wildman–Crippen LogP) is 7.27. The number of rotatable bonds is 10. The zero-order valence-electron chi connectivity index (χ0n) is 21.8. The van der Waals surface area contributed by atoms with Crippen LogP contribution in [-0.2, 0) is 12.0 Å². The van der Waals surface area contributed by atoms with Gasteiger partial charge in [0.15, 0.2) is 5.78 Å². The number of fused-ring (bicyclic) bond motifs is 3. The van der Waals surface area contributed by atoms with E-state index in [0.717, 1.165) is 62.7 Å². The third-order valence-corrected chi connectivity index (χ3v) is 8.49. The number of piperidine rings is 1. The fraction of sp³-hybridized carbons (Fsp3) is 0.581. The summed E-state index contributed by atoms with van der Waals surface area (Å²) in [7, 11) is 0. The molecule has 0 unspecified atom stereocenters. The molecule has 3 nitrogen and oxygen atoms in total. The van der Waals surface area contributed by atoms with Gasteiger partial charge < -0.3 is 5.11 Å². The molecule has 0 spiro atoms. The largest absolute Gasteiger partial charge is 0.392 e. The van der Waals surface area contributed by atoms with Crippen LogP contribution in [0.4, 0.5) is 0 Å². The highest BCUT2D eigenvalue weighted by molar-refractivity contribution is 6.03. The van der Waals surface area contributed by atoms with E-state index in [0.29, 0.717) is 0 Å². The lowest BCUT2D eigenvalue weighted by atomic mass is 9.70. The highest BCUT2D eigenvalue weighted by Gasteiger charge is 2.43. The number of nitrogens with zero attached hydrogens (tertiary/aromatic N) is 1. The number of likely N-dealkylation sites (tertiary alicyclic amines) is 1. The molecule has 1 aliphatic heterocycles. The fourth-order valence-electron chi connectivity index (χ4n) is 6.35. The predicted molar refractivity (Wildman–Crippen MR) is 141 cm³/mol. The summed E-state index contributed by atoms with van der Waals surface area (Å²) >= 11 is 0. The molecule has 0 aromatic heterocycles. The molecule has 2 aromatic rings. The third kappa shape index (κ3) is 4.38. The number of hydrogen-bond donors (Lipinski definition) is 1. The summed E-state index contributed by atoms with van der Waals surface area (Å²) in [5.74, 6) is 0.240. The first-order chi connectivity index (χ1) is 16.4. The van der Waals surface area contributed by atoms with E-state index in [1.807, 2.05) is 0 Å². The van der Waals surface area contributed by atoms with Crippen LogP contribution in [0.15, 0.2) is 36.4 Å². The van der Waals surface area contributed by atoms with Gasteiger partial charge in [0.05, 0.1) is 12.1 Å². The molecule has 2 aliphatic rings. The first-order valence-electron chi connectivity index (χ1n) is 13.6. The van der Waals surface area contributed by atoms with Gasteiger partial charge in [0.2, 0.25) is 0 Å². The van der Waals surface area contributed by atoms with Crippen molar-refractivity contribution in [2.24, 2.45) is 0 Å². The second kappa shape index (κ2) is 10.3. The van der Waals surface area contributed by atoms with Crippen LogP contribution in [0.3, 0.4) is 0 Å². The summed E-state index contributed by atoms with van der Waals surface area (Å²) < 4.78 is 0. The van der Waals surface area contributed by atoms with Crippen molar-refractivity contribution in [1.82, 2.24) is 4.90 Å². The Balaban J connectivity index is 1.81. The number of aliphatic hydroxyl groups is 1. The maximum atomic E-state index is 13.9. The molecule has 0 amide bonds. The van der Waals surface area contributed by atoms with Crippen LogP contribution in [0.25, 0.3) is 11.1 Å². The molecule has 1 N–H and O–H groups in total. The molecule has 1 saturated heterocycles. The van der Waals surface area contributed by atoms with Gasteiger partial charge >= 0.3 is 0 Å². The second-order valence-electron chi connectivity index (χ2n) is 11.0. The normalized spacial score (nSPS) is 17.4. The summed E-state index contributed by atoms with van der Waals surface area (Å²) in [5, 5.41) is 9.89. The highest BCUT2D eigenvalue weighted by Crippen LogP contribution is 2.54. The van der Waals surface area contributed by atoms with Crippen molar-refractivity contribution in [3.63, 3.8) is 0 Å². The summed E-state index contributed by atoms with van der Waals surface area (Å²) in [6.07, 6.45) is 10.4. The number of hydrogen-bond acceptors (Lipinski definition) is 3. The number of aliphatic hydroxyl groups excluding tert-OH is 1. The number of benzene rings is 2. The van der Waals surface area contributed by atoms with E-state index in [-0.39, 0.29) is 17.8 Å². The van der Waals surface area contributed by atoms with Crippen molar-refractivity contribution in [2.75, 3.05) is 13.1 Å². The Labute approximate surface area is 206 Å². The van der Waals surface area contributed by atoms with E-state index in [1.165, 1.54) is 41.5 Å². The van der Waals surface area contributed by atoms with Crippen LogP contribution in [-0.4, -0.2) is 34.4 Å². The van der Waals surface area contributed by atoms with Gasteiger partial charge in [-0.05, 0) is 86.5 Å². The van der Waals surface area contributed by atoms with E-state index in [2.05, 4.69) is 69.0 Å². The molecular weight excluding hydrogens is 418 g/mol. The molecule has 184 valence electrons. The van der Waals surface area contributed by atoms with Gasteiger partial charge in [-0.1, -0.05) is 76.3 Å². The lowest BCUT2D eigenvalue weighted by molar-refractivity contribution is 0.0579. The van der Waals surface area contributed by atoms with Crippen molar-refractivity contribution in [3.8, 4) is 11.1 Å². The standard InChI is InChI=1S/C31H43NO2/c1-5-7-16-31(17-8-6-2)27-20-23(22-33)12-14-25(27)26-15-13-24(21-28(26)31)29(34)30(3,4)32-18-10-9-11-19-32/h12-15,20-21,33H,5-11,16-19,22H2,1-4H3. The van der Waals surface area contributed by atoms with Crippen molar-refractivity contribution in [1.29, 1.82) is 0 Å². The minimum Gasteiger partial charge on any atom is -0.392 e. The van der Waals surface area contributed by atoms with Crippen molar-refractivity contribution >= 4 is 5.78 Å². The van der Waals surface area contributed by atoms with Crippen molar-refractivity contribution in [2.45, 2.75) is 103 Å². The fourth-order valence-corrected chi connectivity index (χ4v) is 6.35. The summed E-state index contributed by atoms with van der Waals surface area (Å²) in [6.45, 7) is 10.8. The summed E-state index contributed by atoms with van der Waals surface area (Å²) in [6, 6.07) is 13.0. The van der Waals surface area contributed by atoms with Gasteiger partial charge in [0.25, 0.3) is 0 Å². The number of carbonyl (C=O) groups excluding carboxylic acids is 1. The molecule has 1 aliphatic carbocycles. The van der Waals surface area contributed by atoms with Crippen molar-refractivity contribution < 1.29 is 9.90 Å². The molecule has 1 heterocycles. The van der Waals surface area contributed by atoms with Crippen molar-refractivity contribution in [3.05, 3.63) is 58.7 Å². The van der Waals surface area contributed by atoms with E-state index in [9.17, 15) is 9.90 Å². The Morgan fingerprint density at radius 2 is 1.50 bits per heavy atom. The van der Waals surface area contributed by atoms with Crippen LogP contribution < -0.4 is 0 Å². The lowest BCUT2D eigenvalue weighted by Gasteiger charge is -2.40. The first kappa shape index (κ1) is 25.1. The Hall–Kier alpha value is -1.97.